The van der Waals surface area contributed by atoms with Crippen LogP contribution in [0.5, 0.6) is 0 Å². The van der Waals surface area contributed by atoms with Crippen LogP contribution in [0, 0.1) is 11.8 Å². The molecule has 2 aromatic rings. The van der Waals surface area contributed by atoms with Crippen LogP contribution in [0.3, 0.4) is 0 Å². The molecule has 3 atom stereocenters. The van der Waals surface area contributed by atoms with Crippen LogP contribution in [0.1, 0.15) is 41.8 Å². The summed E-state index contributed by atoms with van der Waals surface area (Å²) in [4.78, 5) is 28.9. The number of likely N-dealkylation sites (tertiary alicyclic amines) is 1. The molecule has 5 rings (SSSR count). The second-order valence-electron chi connectivity index (χ2n) is 8.31. The van der Waals surface area contributed by atoms with E-state index in [0.29, 0.717) is 6.42 Å². The van der Waals surface area contributed by atoms with Crippen molar-refractivity contribution in [2.75, 3.05) is 13.1 Å². The smallest absolute Gasteiger partial charge is 0.243 e. The summed E-state index contributed by atoms with van der Waals surface area (Å²) < 4.78 is 27.8. The Kier molecular flexibility index (Phi) is 4.83. The topological polar surface area (TPSA) is 74.8 Å². The summed E-state index contributed by atoms with van der Waals surface area (Å²) in [6.45, 7) is 2.11. The number of hydrogen-bond acceptors (Lipinski definition) is 5. The normalized spacial score (nSPS) is 25.0. The van der Waals surface area contributed by atoms with Crippen LogP contribution in [0.4, 0.5) is 0 Å². The molecule has 30 heavy (non-hydrogen) atoms. The molecule has 1 unspecified atom stereocenters. The van der Waals surface area contributed by atoms with Crippen LogP contribution in [0.2, 0.25) is 0 Å². The highest BCUT2D eigenvalue weighted by Gasteiger charge is 2.56. The van der Waals surface area contributed by atoms with Crippen molar-refractivity contribution in [1.82, 2.24) is 9.21 Å². The quantitative estimate of drug-likeness (QED) is 0.665. The van der Waals surface area contributed by atoms with Gasteiger partial charge >= 0.3 is 0 Å². The fourth-order valence-electron chi connectivity index (χ4n) is 5.09. The van der Waals surface area contributed by atoms with Gasteiger partial charge in [-0.3, -0.25) is 14.5 Å². The largest absolute Gasteiger partial charge is 0.274 e. The molecule has 3 aliphatic rings. The van der Waals surface area contributed by atoms with Gasteiger partial charge in [-0.05, 0) is 60.4 Å². The molecule has 3 heterocycles. The lowest BCUT2D eigenvalue weighted by Gasteiger charge is -2.26. The third-order valence-electron chi connectivity index (χ3n) is 6.67. The van der Waals surface area contributed by atoms with Crippen molar-refractivity contribution in [3.8, 4) is 0 Å². The van der Waals surface area contributed by atoms with Gasteiger partial charge in [-0.25, -0.2) is 8.42 Å². The first-order chi connectivity index (χ1) is 14.4. The first-order valence-electron chi connectivity index (χ1n) is 10.4. The molecule has 0 N–H and O–H groups in total. The molecule has 0 bridgehead atoms. The third-order valence-corrected chi connectivity index (χ3v) is 9.47. The first kappa shape index (κ1) is 19.9. The molecule has 0 spiro atoms. The van der Waals surface area contributed by atoms with E-state index in [0.717, 1.165) is 29.7 Å². The number of benzene rings is 1. The number of aryl methyl sites for hydroxylation is 2. The van der Waals surface area contributed by atoms with Gasteiger partial charge in [-0.2, -0.15) is 4.31 Å². The molecule has 0 radical (unpaired) electrons. The summed E-state index contributed by atoms with van der Waals surface area (Å²) >= 11 is 1.53. The molecular weight excluding hydrogens is 420 g/mol. The van der Waals surface area contributed by atoms with E-state index in [-0.39, 0.29) is 35.8 Å². The predicted octanol–water partition coefficient (Wildman–Crippen LogP) is 2.99. The van der Waals surface area contributed by atoms with E-state index >= 15 is 0 Å². The Morgan fingerprint density at radius 2 is 1.77 bits per heavy atom. The molecule has 2 saturated heterocycles. The molecule has 1 aromatic carbocycles. The maximum atomic E-state index is 13.2. The second-order valence-corrected chi connectivity index (χ2v) is 11.2. The summed E-state index contributed by atoms with van der Waals surface area (Å²) in [6, 6.07) is 8.92. The number of carbonyl (C=O) groups is 2. The summed E-state index contributed by atoms with van der Waals surface area (Å²) in [5, 5.41) is 1.94. The lowest BCUT2D eigenvalue weighted by Crippen LogP contribution is -2.39. The van der Waals surface area contributed by atoms with Crippen LogP contribution < -0.4 is 0 Å². The molecule has 2 aliphatic heterocycles. The third kappa shape index (κ3) is 2.96. The zero-order valence-electron chi connectivity index (χ0n) is 16.8. The van der Waals surface area contributed by atoms with Crippen LogP contribution in [0.15, 0.2) is 40.6 Å². The Hall–Kier alpha value is -2.03. The molecule has 1 aliphatic carbocycles. The predicted molar refractivity (Wildman–Crippen MR) is 113 cm³/mol. The van der Waals surface area contributed by atoms with Crippen molar-refractivity contribution in [2.45, 2.75) is 43.5 Å². The van der Waals surface area contributed by atoms with Gasteiger partial charge in [0.1, 0.15) is 0 Å². The number of fused-ring (bicyclic) bond motifs is 2. The van der Waals surface area contributed by atoms with Crippen molar-refractivity contribution in [2.24, 2.45) is 11.8 Å². The van der Waals surface area contributed by atoms with Crippen LogP contribution in [-0.2, 0) is 32.5 Å². The molecule has 2 fully saturated rings. The van der Waals surface area contributed by atoms with Gasteiger partial charge in [0.05, 0.1) is 22.8 Å². The van der Waals surface area contributed by atoms with Gasteiger partial charge in [0.2, 0.25) is 21.8 Å². The average Bonchev–Trinajstić information content (AvgIpc) is 3.51. The second kappa shape index (κ2) is 7.28. The Morgan fingerprint density at radius 3 is 2.40 bits per heavy atom. The van der Waals surface area contributed by atoms with Gasteiger partial charge < -0.3 is 0 Å². The number of carbonyl (C=O) groups excluding carboxylic acids is 2. The number of imide groups is 1. The standard InChI is InChI=1S/C22H24N2O4S2/c1-2-19(20-7-4-10-29-20)24-21(25)17-12-23(13-18(17)22(24)26)30(27,28)16-9-8-14-5-3-6-15(14)11-16/h4,7-11,17-19H,2-3,5-6,12-13H2,1H3/t17-,18+,19?. The number of nitrogens with zero attached hydrogens (tertiary/aromatic N) is 2. The van der Waals surface area contributed by atoms with Crippen molar-refractivity contribution in [3.63, 3.8) is 0 Å². The Bertz CT molecular complexity index is 1090. The fourth-order valence-corrected chi connectivity index (χ4v) is 7.53. The zero-order chi connectivity index (χ0) is 21.0. The first-order valence-corrected chi connectivity index (χ1v) is 12.8. The number of thiophene rings is 1. The lowest BCUT2D eigenvalue weighted by molar-refractivity contribution is -0.143. The fraction of sp³-hybridized carbons (Fsp3) is 0.455. The lowest BCUT2D eigenvalue weighted by atomic mass is 10.00. The van der Waals surface area contributed by atoms with E-state index < -0.39 is 21.9 Å². The summed E-state index contributed by atoms with van der Waals surface area (Å²) in [7, 11) is -3.72. The molecule has 2 amide bonds. The number of amides is 2. The van der Waals surface area contributed by atoms with E-state index in [9.17, 15) is 18.0 Å². The minimum absolute atomic E-state index is 0.0754. The van der Waals surface area contributed by atoms with E-state index in [2.05, 4.69) is 0 Å². The molecule has 6 nitrogen and oxygen atoms in total. The van der Waals surface area contributed by atoms with Gasteiger partial charge in [0.15, 0.2) is 0 Å². The number of sulfonamides is 1. The van der Waals surface area contributed by atoms with Gasteiger partial charge in [-0.15, -0.1) is 11.3 Å². The van der Waals surface area contributed by atoms with Gasteiger partial charge in [-0.1, -0.05) is 19.1 Å². The van der Waals surface area contributed by atoms with E-state index in [4.69, 9.17) is 0 Å². The highest BCUT2D eigenvalue weighted by atomic mass is 32.2. The Balaban J connectivity index is 1.39. The average molecular weight is 445 g/mol. The van der Waals surface area contributed by atoms with Gasteiger partial charge in [0.25, 0.3) is 0 Å². The molecule has 158 valence electrons. The molecule has 0 saturated carbocycles. The van der Waals surface area contributed by atoms with E-state index in [1.54, 1.807) is 12.1 Å². The molecule has 8 heteroatoms. The Labute approximate surface area is 180 Å². The molecule has 1 aromatic heterocycles. The van der Waals surface area contributed by atoms with Crippen LogP contribution >= 0.6 is 11.3 Å². The Morgan fingerprint density at radius 1 is 1.07 bits per heavy atom. The van der Waals surface area contributed by atoms with Gasteiger partial charge in [0, 0.05) is 18.0 Å². The summed E-state index contributed by atoms with van der Waals surface area (Å²) in [5.74, 6) is -1.65. The zero-order valence-corrected chi connectivity index (χ0v) is 18.4. The minimum Gasteiger partial charge on any atom is -0.274 e. The van der Waals surface area contributed by atoms with Crippen molar-refractivity contribution < 1.29 is 18.0 Å². The van der Waals surface area contributed by atoms with E-state index in [1.807, 2.05) is 30.5 Å². The SMILES string of the molecule is CCC(c1cccs1)N1C(=O)[C@H]2CN(S(=O)(=O)c3ccc4c(c3)CCC4)C[C@H]2C1=O. The van der Waals surface area contributed by atoms with Crippen molar-refractivity contribution in [1.29, 1.82) is 0 Å². The highest BCUT2D eigenvalue weighted by Crippen LogP contribution is 2.41. The number of rotatable bonds is 5. The minimum atomic E-state index is -3.72. The van der Waals surface area contributed by atoms with Crippen molar-refractivity contribution in [3.05, 3.63) is 51.7 Å². The maximum absolute atomic E-state index is 13.2. The molecular formula is C22H24N2O4S2. The van der Waals surface area contributed by atoms with E-state index in [1.165, 1.54) is 26.1 Å². The van der Waals surface area contributed by atoms with Crippen molar-refractivity contribution >= 4 is 33.2 Å². The van der Waals surface area contributed by atoms with Crippen LogP contribution in [0.25, 0.3) is 0 Å². The van der Waals surface area contributed by atoms with Crippen LogP contribution in [-0.4, -0.2) is 42.5 Å². The monoisotopic (exact) mass is 444 g/mol. The summed E-state index contributed by atoms with van der Waals surface area (Å²) in [5.41, 5.74) is 2.31. The number of hydrogen-bond donors (Lipinski definition) is 0. The summed E-state index contributed by atoms with van der Waals surface area (Å²) in [6.07, 6.45) is 3.59. The maximum Gasteiger partial charge on any atom is 0.243 e. The highest BCUT2D eigenvalue weighted by molar-refractivity contribution is 7.89.